The summed E-state index contributed by atoms with van der Waals surface area (Å²) in [5.74, 6) is -3.16. The van der Waals surface area contributed by atoms with Gasteiger partial charge in [0.05, 0.1) is 29.0 Å². The molecule has 1 aliphatic rings. The molecule has 1 aromatic heterocycles. The smallest absolute Gasteiger partial charge is 0.310 e. The molecule has 0 saturated carbocycles. The first kappa shape index (κ1) is 16.8. The van der Waals surface area contributed by atoms with Crippen molar-refractivity contribution >= 4 is 11.7 Å². The van der Waals surface area contributed by atoms with Gasteiger partial charge in [0.25, 0.3) is 5.56 Å². The molecule has 6 heteroatoms. The number of carboxylic acids is 1. The number of nitrogens with one attached hydrogen (secondary N) is 2. The van der Waals surface area contributed by atoms with Crippen LogP contribution in [0.15, 0.2) is 41.3 Å². The first-order chi connectivity index (χ1) is 11.9. The number of nitrogens with zero attached hydrogens (tertiary/aromatic N) is 1. The zero-order valence-electron chi connectivity index (χ0n) is 14.0. The number of aliphatic carboxylic acids is 1. The SMILES string of the molecule is Cc1c[nH]c(=O)c2c1NC(C)(Cc1ccccc1)C(C(=O)O)C2C#N. The van der Waals surface area contributed by atoms with Crippen LogP contribution in [-0.4, -0.2) is 21.6 Å². The average molecular weight is 337 g/mol. The number of nitriles is 1. The van der Waals surface area contributed by atoms with Crippen molar-refractivity contribution in [3.63, 3.8) is 0 Å². The lowest BCUT2D eigenvalue weighted by Crippen LogP contribution is -2.54. The first-order valence-electron chi connectivity index (χ1n) is 8.04. The molecule has 3 unspecified atom stereocenters. The van der Waals surface area contributed by atoms with Gasteiger partial charge in [-0.15, -0.1) is 0 Å². The zero-order valence-corrected chi connectivity index (χ0v) is 14.0. The Balaban J connectivity index is 2.19. The zero-order chi connectivity index (χ0) is 18.2. The number of pyridine rings is 1. The van der Waals surface area contributed by atoms with Crippen molar-refractivity contribution in [1.82, 2.24) is 4.98 Å². The van der Waals surface area contributed by atoms with Crippen LogP contribution in [-0.2, 0) is 11.2 Å². The summed E-state index contributed by atoms with van der Waals surface area (Å²) >= 11 is 0. The van der Waals surface area contributed by atoms with Crippen molar-refractivity contribution in [3.05, 3.63) is 63.6 Å². The third kappa shape index (κ3) is 2.78. The number of carbonyl (C=O) groups is 1. The number of benzene rings is 1. The van der Waals surface area contributed by atoms with E-state index in [2.05, 4.69) is 16.4 Å². The number of rotatable bonds is 3. The highest BCUT2D eigenvalue weighted by Gasteiger charge is 2.50. The summed E-state index contributed by atoms with van der Waals surface area (Å²) in [5, 5.41) is 22.8. The van der Waals surface area contributed by atoms with Crippen LogP contribution in [0.3, 0.4) is 0 Å². The van der Waals surface area contributed by atoms with Crippen LogP contribution in [0.4, 0.5) is 5.69 Å². The summed E-state index contributed by atoms with van der Waals surface area (Å²) in [6.07, 6.45) is 2.00. The van der Waals surface area contributed by atoms with E-state index in [-0.39, 0.29) is 5.56 Å². The molecule has 0 amide bonds. The normalized spacial score (nSPS) is 24.7. The molecule has 0 aliphatic carbocycles. The lowest BCUT2D eigenvalue weighted by molar-refractivity contribution is -0.144. The molecule has 0 radical (unpaired) electrons. The third-order valence-electron chi connectivity index (χ3n) is 4.89. The highest BCUT2D eigenvalue weighted by Crippen LogP contribution is 2.44. The summed E-state index contributed by atoms with van der Waals surface area (Å²) in [4.78, 5) is 26.9. The van der Waals surface area contributed by atoms with Gasteiger partial charge in [-0.05, 0) is 31.4 Å². The van der Waals surface area contributed by atoms with Crippen molar-refractivity contribution < 1.29 is 9.90 Å². The van der Waals surface area contributed by atoms with Crippen LogP contribution in [0.5, 0.6) is 0 Å². The standard InChI is InChI=1S/C19H19N3O3/c1-11-10-21-17(23)14-13(9-20)15(18(24)25)19(2,22-16(11)14)8-12-6-4-3-5-7-12/h3-7,10,13,15,22H,8H2,1-2H3,(H,21,23)(H,24,25). The molecule has 2 aromatic rings. The fraction of sp³-hybridized carbons (Fsp3) is 0.316. The van der Waals surface area contributed by atoms with Crippen molar-refractivity contribution in [2.45, 2.75) is 31.7 Å². The van der Waals surface area contributed by atoms with Gasteiger partial charge >= 0.3 is 5.97 Å². The van der Waals surface area contributed by atoms with Gasteiger partial charge in [-0.1, -0.05) is 30.3 Å². The molecule has 2 heterocycles. The Hall–Kier alpha value is -3.07. The lowest BCUT2D eigenvalue weighted by atomic mass is 9.68. The van der Waals surface area contributed by atoms with Crippen molar-refractivity contribution in [2.24, 2.45) is 5.92 Å². The Labute approximate surface area is 145 Å². The van der Waals surface area contributed by atoms with E-state index in [4.69, 9.17) is 0 Å². The molecular formula is C19H19N3O3. The molecular weight excluding hydrogens is 318 g/mol. The summed E-state index contributed by atoms with van der Waals surface area (Å²) in [7, 11) is 0. The second-order valence-corrected chi connectivity index (χ2v) is 6.72. The monoisotopic (exact) mass is 337 g/mol. The topological polar surface area (TPSA) is 106 Å². The van der Waals surface area contributed by atoms with Crippen LogP contribution in [0.25, 0.3) is 0 Å². The number of hydrogen-bond donors (Lipinski definition) is 3. The number of aromatic amines is 1. The molecule has 3 atom stereocenters. The minimum absolute atomic E-state index is 0.209. The highest BCUT2D eigenvalue weighted by molar-refractivity contribution is 5.79. The average Bonchev–Trinajstić information content (AvgIpc) is 2.57. The van der Waals surface area contributed by atoms with Crippen LogP contribution in [0.1, 0.15) is 29.5 Å². The number of H-pyrrole nitrogens is 1. The van der Waals surface area contributed by atoms with Gasteiger partial charge in [0.1, 0.15) is 0 Å². The van der Waals surface area contributed by atoms with Gasteiger partial charge < -0.3 is 15.4 Å². The van der Waals surface area contributed by atoms with Crippen LogP contribution >= 0.6 is 0 Å². The molecule has 0 saturated heterocycles. The van der Waals surface area contributed by atoms with E-state index in [0.29, 0.717) is 12.1 Å². The number of anilines is 1. The van der Waals surface area contributed by atoms with Crippen LogP contribution < -0.4 is 10.9 Å². The third-order valence-corrected chi connectivity index (χ3v) is 4.89. The number of fused-ring (bicyclic) bond motifs is 1. The minimum atomic E-state index is -1.09. The second-order valence-electron chi connectivity index (χ2n) is 6.72. The molecule has 128 valence electrons. The Morgan fingerprint density at radius 3 is 2.64 bits per heavy atom. The molecule has 25 heavy (non-hydrogen) atoms. The molecule has 0 spiro atoms. The van der Waals surface area contributed by atoms with E-state index in [1.807, 2.05) is 37.3 Å². The molecule has 1 aliphatic heterocycles. The number of aryl methyl sites for hydroxylation is 1. The van der Waals surface area contributed by atoms with Gasteiger partial charge in [-0.3, -0.25) is 9.59 Å². The Bertz CT molecular complexity index is 914. The van der Waals surface area contributed by atoms with E-state index in [1.165, 1.54) is 0 Å². The van der Waals surface area contributed by atoms with Gasteiger partial charge in [0.15, 0.2) is 0 Å². The molecule has 1 aromatic carbocycles. The summed E-state index contributed by atoms with van der Waals surface area (Å²) < 4.78 is 0. The molecule has 0 fully saturated rings. The largest absolute Gasteiger partial charge is 0.481 e. The van der Waals surface area contributed by atoms with Crippen molar-refractivity contribution in [2.75, 3.05) is 5.32 Å². The van der Waals surface area contributed by atoms with Gasteiger partial charge in [0, 0.05) is 11.9 Å². The van der Waals surface area contributed by atoms with Crippen LogP contribution in [0.2, 0.25) is 0 Å². The molecule has 3 N–H and O–H groups in total. The summed E-state index contributed by atoms with van der Waals surface area (Å²) in [6.45, 7) is 3.62. The van der Waals surface area contributed by atoms with E-state index in [1.54, 1.807) is 13.1 Å². The second kappa shape index (κ2) is 6.10. The lowest BCUT2D eigenvalue weighted by Gasteiger charge is -2.44. The predicted octanol–water partition coefficient (Wildman–Crippen LogP) is 2.42. The van der Waals surface area contributed by atoms with Gasteiger partial charge in [-0.25, -0.2) is 0 Å². The summed E-state index contributed by atoms with van der Waals surface area (Å²) in [6, 6.07) is 11.6. The van der Waals surface area contributed by atoms with E-state index in [9.17, 15) is 20.0 Å². The first-order valence-corrected chi connectivity index (χ1v) is 8.04. The molecule has 6 nitrogen and oxygen atoms in total. The van der Waals surface area contributed by atoms with E-state index >= 15 is 0 Å². The maximum atomic E-state index is 12.3. The Kier molecular flexibility index (Phi) is 4.09. The fourth-order valence-electron chi connectivity index (χ4n) is 3.74. The van der Waals surface area contributed by atoms with E-state index < -0.39 is 28.9 Å². The molecule has 0 bridgehead atoms. The quantitative estimate of drug-likeness (QED) is 0.797. The molecule has 3 rings (SSSR count). The number of carboxylic acid groups (broad SMARTS) is 1. The number of hydrogen-bond acceptors (Lipinski definition) is 4. The summed E-state index contributed by atoms with van der Waals surface area (Å²) in [5.41, 5.74) is 1.18. The van der Waals surface area contributed by atoms with Crippen molar-refractivity contribution in [3.8, 4) is 6.07 Å². The minimum Gasteiger partial charge on any atom is -0.481 e. The Morgan fingerprint density at radius 2 is 2.04 bits per heavy atom. The predicted molar refractivity (Wildman–Crippen MR) is 93.5 cm³/mol. The van der Waals surface area contributed by atoms with Gasteiger partial charge in [0.2, 0.25) is 0 Å². The van der Waals surface area contributed by atoms with Gasteiger partial charge in [-0.2, -0.15) is 5.26 Å². The Morgan fingerprint density at radius 1 is 1.36 bits per heavy atom. The highest BCUT2D eigenvalue weighted by atomic mass is 16.4. The van der Waals surface area contributed by atoms with Crippen molar-refractivity contribution in [1.29, 1.82) is 5.26 Å². The van der Waals surface area contributed by atoms with Crippen LogP contribution in [0, 0.1) is 24.2 Å². The fourth-order valence-corrected chi connectivity index (χ4v) is 3.74. The number of aromatic nitrogens is 1. The maximum Gasteiger partial charge on any atom is 0.310 e. The van der Waals surface area contributed by atoms with E-state index in [0.717, 1.165) is 11.1 Å². The maximum absolute atomic E-state index is 12.3.